The smallest absolute Gasteiger partial charge is 0.462 e. The molecule has 104 heavy (non-hydrogen) atoms. The highest BCUT2D eigenvalue weighted by molar-refractivity contribution is 7.47. The molecule has 0 saturated carbocycles. The molecule has 17 nitrogen and oxygen atoms in total. The maximum absolute atomic E-state index is 13.1. The first-order valence-electron chi connectivity index (χ1n) is 44.3. The van der Waals surface area contributed by atoms with Gasteiger partial charge < -0.3 is 33.8 Å². The minimum atomic E-state index is -4.96. The Bertz CT molecular complexity index is 1960. The van der Waals surface area contributed by atoms with E-state index in [0.717, 1.165) is 89.9 Å². The number of carbonyl (C=O) groups is 4. The van der Waals surface area contributed by atoms with Crippen molar-refractivity contribution in [1.29, 1.82) is 0 Å². The van der Waals surface area contributed by atoms with E-state index in [1.54, 1.807) is 0 Å². The van der Waals surface area contributed by atoms with Crippen LogP contribution in [0.25, 0.3) is 0 Å². The molecular weight excluding hydrogens is 1350 g/mol. The van der Waals surface area contributed by atoms with Gasteiger partial charge in [-0.3, -0.25) is 37.3 Å². The van der Waals surface area contributed by atoms with Crippen LogP contribution in [-0.2, 0) is 65.4 Å². The molecule has 0 bridgehead atoms. The van der Waals surface area contributed by atoms with E-state index in [2.05, 4.69) is 27.7 Å². The van der Waals surface area contributed by atoms with Crippen LogP contribution in [0.3, 0.4) is 0 Å². The lowest BCUT2D eigenvalue weighted by Crippen LogP contribution is -2.30. The third-order valence-electron chi connectivity index (χ3n) is 20.1. The third-order valence-corrected chi connectivity index (χ3v) is 22.0. The molecule has 3 N–H and O–H groups in total. The summed E-state index contributed by atoms with van der Waals surface area (Å²) < 4.78 is 68.8. The van der Waals surface area contributed by atoms with Crippen LogP contribution in [0.1, 0.15) is 464 Å². The number of aliphatic hydroxyl groups excluding tert-OH is 1. The number of hydrogen-bond acceptors (Lipinski definition) is 15. The maximum Gasteiger partial charge on any atom is 0.472 e. The van der Waals surface area contributed by atoms with E-state index in [1.165, 1.54) is 295 Å². The number of hydrogen-bond donors (Lipinski definition) is 3. The van der Waals surface area contributed by atoms with E-state index in [0.29, 0.717) is 25.7 Å². The number of aliphatic hydroxyl groups is 1. The van der Waals surface area contributed by atoms with Gasteiger partial charge in [0, 0.05) is 25.7 Å². The van der Waals surface area contributed by atoms with Crippen LogP contribution < -0.4 is 0 Å². The summed E-state index contributed by atoms with van der Waals surface area (Å²) in [6.07, 6.45) is 73.8. The molecule has 0 heterocycles. The Morgan fingerprint density at radius 3 is 0.567 bits per heavy atom. The largest absolute Gasteiger partial charge is 0.472 e. The van der Waals surface area contributed by atoms with Crippen molar-refractivity contribution in [1.82, 2.24) is 0 Å². The molecule has 19 heteroatoms. The van der Waals surface area contributed by atoms with Crippen LogP contribution in [0.15, 0.2) is 0 Å². The minimum absolute atomic E-state index is 0.108. The molecule has 0 aromatic heterocycles. The van der Waals surface area contributed by atoms with Gasteiger partial charge in [0.15, 0.2) is 12.2 Å². The molecule has 2 unspecified atom stereocenters. The van der Waals surface area contributed by atoms with Gasteiger partial charge in [0.1, 0.15) is 19.3 Å². The zero-order chi connectivity index (χ0) is 76.0. The molecule has 0 aliphatic carbocycles. The summed E-state index contributed by atoms with van der Waals surface area (Å²) >= 11 is 0. The third kappa shape index (κ3) is 78.2. The second-order valence-electron chi connectivity index (χ2n) is 30.6. The Balaban J connectivity index is 5.18. The van der Waals surface area contributed by atoms with Crippen LogP contribution in [0, 0.1) is 0 Å². The number of unbranched alkanes of at least 4 members (excludes halogenated alkanes) is 60. The van der Waals surface area contributed by atoms with E-state index in [1.807, 2.05) is 0 Å². The van der Waals surface area contributed by atoms with Crippen LogP contribution in [0.4, 0.5) is 0 Å². The van der Waals surface area contributed by atoms with Crippen molar-refractivity contribution in [2.24, 2.45) is 0 Å². The van der Waals surface area contributed by atoms with Gasteiger partial charge in [-0.2, -0.15) is 0 Å². The summed E-state index contributed by atoms with van der Waals surface area (Å²) in [4.78, 5) is 73.1. The lowest BCUT2D eigenvalue weighted by atomic mass is 10.0. The Morgan fingerprint density at radius 2 is 0.385 bits per heavy atom. The fourth-order valence-corrected chi connectivity index (χ4v) is 14.9. The predicted octanol–water partition coefficient (Wildman–Crippen LogP) is 26.1. The van der Waals surface area contributed by atoms with Gasteiger partial charge in [0.05, 0.1) is 26.4 Å². The highest BCUT2D eigenvalue weighted by atomic mass is 31.2. The fraction of sp³-hybridized carbons (Fsp3) is 0.953. The maximum atomic E-state index is 13.1. The van der Waals surface area contributed by atoms with Crippen LogP contribution in [-0.4, -0.2) is 96.7 Å². The van der Waals surface area contributed by atoms with Crippen molar-refractivity contribution in [2.75, 3.05) is 39.6 Å². The lowest BCUT2D eigenvalue weighted by Gasteiger charge is -2.21. The molecule has 0 aliphatic rings. The van der Waals surface area contributed by atoms with Crippen molar-refractivity contribution in [3.8, 4) is 0 Å². The first kappa shape index (κ1) is 102. The van der Waals surface area contributed by atoms with Gasteiger partial charge in [-0.15, -0.1) is 0 Å². The molecule has 618 valence electrons. The Labute approximate surface area is 638 Å². The van der Waals surface area contributed by atoms with Crippen molar-refractivity contribution in [3.63, 3.8) is 0 Å². The molecule has 0 aliphatic heterocycles. The molecule has 0 spiro atoms. The Hall–Kier alpha value is -1.94. The predicted molar refractivity (Wildman–Crippen MR) is 428 cm³/mol. The monoisotopic (exact) mass is 1520 g/mol. The number of phosphoric acid groups is 2. The zero-order valence-electron chi connectivity index (χ0n) is 68.0. The van der Waals surface area contributed by atoms with E-state index < -0.39 is 97.5 Å². The summed E-state index contributed by atoms with van der Waals surface area (Å²) in [5.41, 5.74) is 0. The average Bonchev–Trinajstić information content (AvgIpc) is 0.906. The molecule has 0 rings (SSSR count). The Kier molecular flexibility index (Phi) is 77.7. The van der Waals surface area contributed by atoms with E-state index >= 15 is 0 Å². The SMILES string of the molecule is CCCCCCCCCCCCCCCCCCCCCCCCC(=O)O[C@H](COC(=O)CCCCCCCCCCCCCCCCCCCCCC)COP(=O)(O)OC[C@@H](O)COP(=O)(O)OC[C@@H](COC(=O)CCCCCCCCCCC)OC(=O)CCCCCCCCCCCCCCC. The zero-order valence-corrected chi connectivity index (χ0v) is 69.8. The fourth-order valence-electron chi connectivity index (χ4n) is 13.3. The van der Waals surface area contributed by atoms with Crippen molar-refractivity contribution >= 4 is 39.5 Å². The second kappa shape index (κ2) is 79.2. The quantitative estimate of drug-likeness (QED) is 0.0222. The summed E-state index contributed by atoms with van der Waals surface area (Å²) in [7, 11) is -9.92. The highest BCUT2D eigenvalue weighted by Crippen LogP contribution is 2.45. The molecule has 0 aromatic rings. The summed E-state index contributed by atoms with van der Waals surface area (Å²) in [6, 6.07) is 0. The molecule has 5 atom stereocenters. The molecule has 0 aromatic carbocycles. The van der Waals surface area contributed by atoms with Gasteiger partial charge in [-0.05, 0) is 25.7 Å². The van der Waals surface area contributed by atoms with Crippen molar-refractivity contribution < 1.29 is 80.2 Å². The molecule has 0 amide bonds. The van der Waals surface area contributed by atoms with Crippen molar-refractivity contribution in [2.45, 2.75) is 483 Å². The number of esters is 4. The summed E-state index contributed by atoms with van der Waals surface area (Å²) in [5, 5.41) is 10.7. The summed E-state index contributed by atoms with van der Waals surface area (Å²) in [5.74, 6) is -2.10. The molecular formula is C85H166O17P2. The number of carbonyl (C=O) groups excluding carboxylic acids is 4. The van der Waals surface area contributed by atoms with E-state index in [4.69, 9.17) is 37.0 Å². The van der Waals surface area contributed by atoms with Gasteiger partial charge >= 0.3 is 39.5 Å². The topological polar surface area (TPSA) is 237 Å². The summed E-state index contributed by atoms with van der Waals surface area (Å²) in [6.45, 7) is 5.03. The first-order chi connectivity index (χ1) is 50.7. The molecule has 0 fully saturated rings. The molecule has 0 saturated heterocycles. The van der Waals surface area contributed by atoms with Gasteiger partial charge in [-0.1, -0.05) is 413 Å². The molecule has 0 radical (unpaired) electrons. The number of ether oxygens (including phenoxy) is 4. The standard InChI is InChI=1S/C85H166O17P2/c1-5-9-13-17-21-25-28-31-33-35-37-39-40-42-44-46-49-52-56-60-64-68-72-85(90)102-81(76-96-83(88)70-66-62-58-54-50-48-45-43-41-38-36-34-32-29-26-22-18-14-10-6-2)78-100-104(93,94)98-74-79(86)73-97-103(91,92)99-77-80(75-95-82(87)69-65-61-57-53-24-20-16-12-8-4)101-84(89)71-67-63-59-55-51-47-30-27-23-19-15-11-7-3/h79-81,86H,5-78H2,1-4H3,(H,91,92)(H,93,94)/t79-,80+,81+/m0/s1. The van der Waals surface area contributed by atoms with Gasteiger partial charge in [0.25, 0.3) is 0 Å². The number of phosphoric ester groups is 2. The normalized spacial score (nSPS) is 13.7. The Morgan fingerprint density at radius 1 is 0.231 bits per heavy atom. The average molecular weight is 1520 g/mol. The van der Waals surface area contributed by atoms with Crippen molar-refractivity contribution in [3.05, 3.63) is 0 Å². The highest BCUT2D eigenvalue weighted by Gasteiger charge is 2.30. The van der Waals surface area contributed by atoms with E-state index in [-0.39, 0.29) is 25.7 Å². The van der Waals surface area contributed by atoms with E-state index in [9.17, 15) is 43.2 Å². The van der Waals surface area contributed by atoms with Crippen LogP contribution in [0.2, 0.25) is 0 Å². The van der Waals surface area contributed by atoms with Crippen LogP contribution in [0.5, 0.6) is 0 Å². The van der Waals surface area contributed by atoms with Gasteiger partial charge in [-0.25, -0.2) is 9.13 Å². The first-order valence-corrected chi connectivity index (χ1v) is 47.3. The number of rotatable bonds is 86. The van der Waals surface area contributed by atoms with Crippen LogP contribution >= 0.6 is 15.6 Å². The lowest BCUT2D eigenvalue weighted by molar-refractivity contribution is -0.161. The van der Waals surface area contributed by atoms with Gasteiger partial charge in [0.2, 0.25) is 0 Å². The second-order valence-corrected chi connectivity index (χ2v) is 33.5. The minimum Gasteiger partial charge on any atom is -0.462 e.